The third-order valence-electron chi connectivity index (χ3n) is 4.62. The number of rotatable bonds is 3. The highest BCUT2D eigenvalue weighted by Gasteiger charge is 2.35. The molecule has 116 valence electrons. The molecule has 2 aliphatic rings. The second-order valence-corrected chi connectivity index (χ2v) is 8.20. The van der Waals surface area contributed by atoms with Crippen molar-refractivity contribution < 1.29 is 13.2 Å². The molecule has 2 rings (SSSR count). The fourth-order valence-electron chi connectivity index (χ4n) is 3.37. The number of hydrogen-bond acceptors (Lipinski definition) is 3. The van der Waals surface area contributed by atoms with Gasteiger partial charge in [-0.25, -0.2) is 8.42 Å². The molecule has 1 aliphatic carbocycles. The lowest BCUT2D eigenvalue weighted by molar-refractivity contribution is -0.127. The molecule has 0 radical (unpaired) electrons. The van der Waals surface area contributed by atoms with Gasteiger partial charge in [0.25, 0.3) is 0 Å². The molecule has 1 heterocycles. The number of hydrogen-bond donors (Lipinski definition) is 1. The second kappa shape index (κ2) is 6.43. The Hall–Kier alpha value is -0.620. The summed E-state index contributed by atoms with van der Waals surface area (Å²) in [6.07, 6.45) is 8.13. The average Bonchev–Trinajstić information content (AvgIpc) is 2.40. The van der Waals surface area contributed by atoms with Gasteiger partial charge in [0.1, 0.15) is 6.04 Å². The van der Waals surface area contributed by atoms with Crippen LogP contribution in [0.3, 0.4) is 0 Å². The number of carbonyl (C=O) groups is 1. The highest BCUT2D eigenvalue weighted by molar-refractivity contribution is 7.88. The Labute approximate surface area is 122 Å². The number of piperidine rings is 1. The van der Waals surface area contributed by atoms with Gasteiger partial charge >= 0.3 is 0 Å². The number of sulfonamides is 1. The lowest BCUT2D eigenvalue weighted by atomic mass is 9.85. The zero-order valence-electron chi connectivity index (χ0n) is 12.5. The van der Waals surface area contributed by atoms with Crippen molar-refractivity contribution in [2.24, 2.45) is 5.92 Å². The Kier molecular flexibility index (Phi) is 5.07. The van der Waals surface area contributed by atoms with E-state index < -0.39 is 16.1 Å². The van der Waals surface area contributed by atoms with Crippen LogP contribution in [0, 0.1) is 5.92 Å². The minimum Gasteiger partial charge on any atom is -0.352 e. The smallest absolute Gasteiger partial charge is 0.238 e. The molecule has 0 spiro atoms. The van der Waals surface area contributed by atoms with Gasteiger partial charge in [0.2, 0.25) is 15.9 Å². The van der Waals surface area contributed by atoms with Crippen LogP contribution in [0.15, 0.2) is 0 Å². The van der Waals surface area contributed by atoms with Crippen LogP contribution in [0.4, 0.5) is 0 Å². The van der Waals surface area contributed by atoms with E-state index in [0.717, 1.165) is 32.1 Å². The minimum absolute atomic E-state index is 0.103. The van der Waals surface area contributed by atoms with Gasteiger partial charge in [0.05, 0.1) is 6.26 Å². The van der Waals surface area contributed by atoms with Crippen molar-refractivity contribution in [3.05, 3.63) is 0 Å². The Morgan fingerprint density at radius 1 is 1.10 bits per heavy atom. The molecule has 1 saturated carbocycles. The summed E-state index contributed by atoms with van der Waals surface area (Å²) in [6, 6.07) is -0.299. The van der Waals surface area contributed by atoms with Crippen LogP contribution in [0.5, 0.6) is 0 Å². The predicted molar refractivity (Wildman–Crippen MR) is 78.8 cm³/mol. The molecule has 0 aromatic rings. The molecule has 1 amide bonds. The normalized spacial score (nSPS) is 32.8. The van der Waals surface area contributed by atoms with E-state index in [1.54, 1.807) is 0 Å². The zero-order chi connectivity index (χ0) is 14.8. The fraction of sp³-hybridized carbons (Fsp3) is 0.929. The van der Waals surface area contributed by atoms with Crippen LogP contribution in [-0.2, 0) is 14.8 Å². The maximum Gasteiger partial charge on any atom is 0.238 e. The number of nitrogens with zero attached hydrogens (tertiary/aromatic N) is 1. The molecular weight excluding hydrogens is 276 g/mol. The Morgan fingerprint density at radius 2 is 1.75 bits per heavy atom. The van der Waals surface area contributed by atoms with Crippen LogP contribution in [0.1, 0.15) is 51.9 Å². The Bertz CT molecular complexity index is 449. The zero-order valence-corrected chi connectivity index (χ0v) is 13.3. The van der Waals surface area contributed by atoms with Crippen molar-refractivity contribution in [2.45, 2.75) is 64.0 Å². The van der Waals surface area contributed by atoms with Gasteiger partial charge in [0, 0.05) is 12.6 Å². The molecule has 0 aromatic heterocycles. The topological polar surface area (TPSA) is 66.5 Å². The van der Waals surface area contributed by atoms with Crippen LogP contribution in [0.25, 0.3) is 0 Å². The van der Waals surface area contributed by atoms with E-state index in [0.29, 0.717) is 18.9 Å². The quantitative estimate of drug-likeness (QED) is 0.859. The summed E-state index contributed by atoms with van der Waals surface area (Å²) in [5.41, 5.74) is 0. The van der Waals surface area contributed by atoms with E-state index in [2.05, 4.69) is 12.2 Å². The molecule has 5 nitrogen and oxygen atoms in total. The highest BCUT2D eigenvalue weighted by atomic mass is 32.2. The Balaban J connectivity index is 2.02. The third kappa shape index (κ3) is 3.73. The Morgan fingerprint density at radius 3 is 2.40 bits per heavy atom. The molecule has 2 fully saturated rings. The molecule has 3 atom stereocenters. The molecular formula is C14H26N2O3S. The SMILES string of the molecule is C[C@@H]1CCCC[C@H]1NC(=O)[C@H]1CCCCN1S(C)(=O)=O. The number of nitrogens with one attached hydrogen (secondary N) is 1. The summed E-state index contributed by atoms with van der Waals surface area (Å²) in [6.45, 7) is 2.64. The van der Waals surface area contributed by atoms with Crippen molar-refractivity contribution in [3.63, 3.8) is 0 Å². The molecule has 0 bridgehead atoms. The molecule has 0 aromatic carbocycles. The summed E-state index contributed by atoms with van der Waals surface area (Å²) in [5.74, 6) is 0.386. The van der Waals surface area contributed by atoms with Crippen molar-refractivity contribution in [1.29, 1.82) is 0 Å². The van der Waals surface area contributed by atoms with Crippen LogP contribution >= 0.6 is 0 Å². The second-order valence-electron chi connectivity index (χ2n) is 6.26. The summed E-state index contributed by atoms with van der Waals surface area (Å²) in [7, 11) is -3.30. The van der Waals surface area contributed by atoms with Gasteiger partial charge in [-0.3, -0.25) is 4.79 Å². The van der Waals surface area contributed by atoms with E-state index in [1.807, 2.05) is 0 Å². The molecule has 20 heavy (non-hydrogen) atoms. The first-order chi connectivity index (χ1) is 9.39. The fourth-order valence-corrected chi connectivity index (χ4v) is 4.50. The van der Waals surface area contributed by atoms with E-state index in [-0.39, 0.29) is 11.9 Å². The first-order valence-corrected chi connectivity index (χ1v) is 9.51. The van der Waals surface area contributed by atoms with Crippen molar-refractivity contribution >= 4 is 15.9 Å². The highest BCUT2D eigenvalue weighted by Crippen LogP contribution is 2.25. The molecule has 1 N–H and O–H groups in total. The standard InChI is InChI=1S/C14H26N2O3S/c1-11-7-3-4-8-12(11)15-14(17)13-9-5-6-10-16(13)20(2,18)19/h11-13H,3-10H2,1-2H3,(H,15,17)/t11-,12-,13-/m1/s1. The van der Waals surface area contributed by atoms with Gasteiger partial charge in [-0.05, 0) is 31.6 Å². The van der Waals surface area contributed by atoms with Crippen LogP contribution in [0.2, 0.25) is 0 Å². The first kappa shape index (κ1) is 15.8. The molecule has 0 unspecified atom stereocenters. The maximum atomic E-state index is 12.5. The molecule has 1 saturated heterocycles. The lowest BCUT2D eigenvalue weighted by Gasteiger charge is -2.35. The first-order valence-electron chi connectivity index (χ1n) is 7.67. The molecule has 6 heteroatoms. The van der Waals surface area contributed by atoms with Crippen LogP contribution < -0.4 is 5.32 Å². The summed E-state index contributed by atoms with van der Waals surface area (Å²) >= 11 is 0. The third-order valence-corrected chi connectivity index (χ3v) is 5.91. The van der Waals surface area contributed by atoms with E-state index >= 15 is 0 Å². The van der Waals surface area contributed by atoms with Crippen LogP contribution in [-0.4, -0.2) is 43.5 Å². The van der Waals surface area contributed by atoms with Crippen molar-refractivity contribution in [1.82, 2.24) is 9.62 Å². The van der Waals surface area contributed by atoms with Crippen molar-refractivity contribution in [3.8, 4) is 0 Å². The molecule has 1 aliphatic heterocycles. The minimum atomic E-state index is -3.30. The van der Waals surface area contributed by atoms with Gasteiger partial charge in [-0.15, -0.1) is 0 Å². The van der Waals surface area contributed by atoms with E-state index in [1.165, 1.54) is 17.0 Å². The maximum absolute atomic E-state index is 12.5. The van der Waals surface area contributed by atoms with Gasteiger partial charge in [0.15, 0.2) is 0 Å². The predicted octanol–water partition coefficient (Wildman–Crippen LogP) is 1.50. The van der Waals surface area contributed by atoms with Gasteiger partial charge in [-0.2, -0.15) is 4.31 Å². The monoisotopic (exact) mass is 302 g/mol. The van der Waals surface area contributed by atoms with Gasteiger partial charge in [-0.1, -0.05) is 26.2 Å². The average molecular weight is 302 g/mol. The summed E-state index contributed by atoms with van der Waals surface area (Å²) in [4.78, 5) is 12.5. The van der Waals surface area contributed by atoms with Crippen molar-refractivity contribution in [2.75, 3.05) is 12.8 Å². The van der Waals surface area contributed by atoms with E-state index in [9.17, 15) is 13.2 Å². The number of carbonyl (C=O) groups excluding carboxylic acids is 1. The summed E-state index contributed by atoms with van der Waals surface area (Å²) in [5, 5.41) is 3.10. The summed E-state index contributed by atoms with van der Waals surface area (Å²) < 4.78 is 25.0. The lowest BCUT2D eigenvalue weighted by Crippen LogP contribution is -2.54. The largest absolute Gasteiger partial charge is 0.352 e. The van der Waals surface area contributed by atoms with Gasteiger partial charge < -0.3 is 5.32 Å². The number of amides is 1. The van der Waals surface area contributed by atoms with E-state index in [4.69, 9.17) is 0 Å².